The molecule has 4 nitrogen and oxygen atoms in total. The monoisotopic (exact) mass is 391 g/mol. The van der Waals surface area contributed by atoms with Gasteiger partial charge < -0.3 is 5.32 Å². The maximum Gasteiger partial charge on any atom is 0.435 e. The van der Waals surface area contributed by atoms with Crippen molar-refractivity contribution in [1.82, 2.24) is 15.1 Å². The number of carbonyl (C=O) groups is 1. The number of nitrogens with zero attached hydrogens (tertiary/aromatic N) is 2. The Kier molecular flexibility index (Phi) is 4.92. The van der Waals surface area contributed by atoms with Crippen molar-refractivity contribution in [2.45, 2.75) is 37.7 Å². The van der Waals surface area contributed by atoms with E-state index in [1.165, 1.54) is 10.7 Å². The zero-order valence-corrected chi connectivity index (χ0v) is 13.9. The average Bonchev–Trinajstić information content (AvgIpc) is 3.33. The summed E-state index contributed by atoms with van der Waals surface area (Å²) >= 11 is 0. The second kappa shape index (κ2) is 6.90. The molecule has 0 unspecified atom stereocenters. The highest BCUT2D eigenvalue weighted by Gasteiger charge is 2.37. The molecule has 1 amide bonds. The molecule has 0 radical (unpaired) electrons. The summed E-state index contributed by atoms with van der Waals surface area (Å²) < 4.78 is 77.8. The van der Waals surface area contributed by atoms with Crippen LogP contribution in [0.25, 0.3) is 0 Å². The first-order chi connectivity index (χ1) is 12.6. The molecule has 0 bridgehead atoms. The predicted molar refractivity (Wildman–Crippen MR) is 83.0 cm³/mol. The lowest BCUT2D eigenvalue weighted by Crippen LogP contribution is -2.28. The molecule has 1 N–H and O–H groups in total. The van der Waals surface area contributed by atoms with Crippen LogP contribution in [0.1, 0.15) is 46.1 Å². The zero-order chi connectivity index (χ0) is 19.8. The number of aromatic nitrogens is 2. The second-order valence-electron chi connectivity index (χ2n) is 6.28. The van der Waals surface area contributed by atoms with Gasteiger partial charge in [0.05, 0.1) is 12.1 Å². The first-order valence-electron chi connectivity index (χ1n) is 8.16. The van der Waals surface area contributed by atoms with Crippen molar-refractivity contribution in [3.05, 3.63) is 52.8 Å². The van der Waals surface area contributed by atoms with E-state index >= 15 is 0 Å². The number of rotatable bonds is 5. The van der Waals surface area contributed by atoms with E-state index in [0.717, 1.165) is 37.1 Å². The summed E-state index contributed by atoms with van der Waals surface area (Å²) in [6, 6.07) is 4.93. The number of hydrogen-bond acceptors (Lipinski definition) is 2. The number of benzene rings is 1. The van der Waals surface area contributed by atoms with Crippen LogP contribution in [0.15, 0.2) is 30.3 Å². The molecule has 2 aromatic rings. The van der Waals surface area contributed by atoms with Gasteiger partial charge in [-0.25, -0.2) is 0 Å². The summed E-state index contributed by atoms with van der Waals surface area (Å²) in [6.07, 6.45) is -7.58. The van der Waals surface area contributed by atoms with E-state index in [4.69, 9.17) is 0 Å². The van der Waals surface area contributed by atoms with E-state index in [1.54, 1.807) is 0 Å². The van der Waals surface area contributed by atoms with E-state index in [1.807, 2.05) is 0 Å². The summed E-state index contributed by atoms with van der Waals surface area (Å²) in [5, 5.41) is 5.96. The minimum absolute atomic E-state index is 0.00733. The van der Waals surface area contributed by atoms with Crippen LogP contribution < -0.4 is 5.32 Å². The predicted octanol–water partition coefficient (Wildman–Crippen LogP) is 4.23. The third-order valence-corrected chi connectivity index (χ3v) is 4.16. The van der Waals surface area contributed by atoms with Crippen molar-refractivity contribution >= 4 is 5.91 Å². The largest absolute Gasteiger partial charge is 0.435 e. The Bertz CT molecular complexity index is 836. The van der Waals surface area contributed by atoms with Crippen LogP contribution in [0.5, 0.6) is 0 Å². The van der Waals surface area contributed by atoms with Crippen LogP contribution in [0.4, 0.5) is 26.3 Å². The standard InChI is InChI=1S/C17H15F6N3O/c18-16(19,20)12-3-1-2-11(8-12)15(27)24-6-7-26-13(10-4-5-10)9-14(25-26)17(21,22)23/h1-3,8-10H,4-7H2,(H,24,27). The first kappa shape index (κ1) is 19.2. The summed E-state index contributed by atoms with van der Waals surface area (Å²) in [5.74, 6) is -0.718. The number of carbonyl (C=O) groups excluding carboxylic acids is 1. The van der Waals surface area contributed by atoms with Gasteiger partial charge in [0, 0.05) is 23.7 Å². The maximum atomic E-state index is 12.8. The molecule has 0 saturated heterocycles. The SMILES string of the molecule is O=C(NCCn1nc(C(F)(F)F)cc1C1CC1)c1cccc(C(F)(F)F)c1. The minimum atomic E-state index is -4.57. The van der Waals surface area contributed by atoms with Gasteiger partial charge in [-0.05, 0) is 37.1 Å². The topological polar surface area (TPSA) is 46.9 Å². The highest BCUT2D eigenvalue weighted by molar-refractivity contribution is 5.94. The average molecular weight is 391 g/mol. The van der Waals surface area contributed by atoms with Gasteiger partial charge >= 0.3 is 12.4 Å². The molecule has 10 heteroatoms. The van der Waals surface area contributed by atoms with Crippen molar-refractivity contribution in [2.24, 2.45) is 0 Å². The minimum Gasteiger partial charge on any atom is -0.350 e. The van der Waals surface area contributed by atoms with Crippen molar-refractivity contribution in [2.75, 3.05) is 6.54 Å². The first-order valence-corrected chi connectivity index (χ1v) is 8.16. The Morgan fingerprint density at radius 1 is 1.11 bits per heavy atom. The lowest BCUT2D eigenvalue weighted by molar-refractivity contribution is -0.141. The molecule has 0 atom stereocenters. The van der Waals surface area contributed by atoms with E-state index in [2.05, 4.69) is 10.4 Å². The molecule has 1 aliphatic rings. The van der Waals surface area contributed by atoms with Crippen molar-refractivity contribution in [3.8, 4) is 0 Å². The molecule has 1 aliphatic carbocycles. The number of alkyl halides is 6. The van der Waals surface area contributed by atoms with Crippen LogP contribution in [0.3, 0.4) is 0 Å². The lowest BCUT2D eigenvalue weighted by atomic mass is 10.1. The van der Waals surface area contributed by atoms with Crippen LogP contribution >= 0.6 is 0 Å². The fourth-order valence-electron chi connectivity index (χ4n) is 2.67. The molecule has 0 aliphatic heterocycles. The molecule has 1 saturated carbocycles. The summed E-state index contributed by atoms with van der Waals surface area (Å²) in [6.45, 7) is -0.0691. The van der Waals surface area contributed by atoms with Gasteiger partial charge in [-0.2, -0.15) is 31.4 Å². The van der Waals surface area contributed by atoms with Crippen LogP contribution in [-0.4, -0.2) is 22.2 Å². The Balaban J connectivity index is 1.65. The molecule has 146 valence electrons. The van der Waals surface area contributed by atoms with Crippen LogP contribution in [0.2, 0.25) is 0 Å². The molecule has 0 spiro atoms. The van der Waals surface area contributed by atoms with E-state index in [0.29, 0.717) is 5.69 Å². The van der Waals surface area contributed by atoms with E-state index < -0.39 is 29.5 Å². The summed E-state index contributed by atoms with van der Waals surface area (Å²) in [5.41, 5.74) is -1.67. The molecule has 27 heavy (non-hydrogen) atoms. The van der Waals surface area contributed by atoms with Crippen molar-refractivity contribution in [3.63, 3.8) is 0 Å². The number of halogens is 6. The molecular formula is C17H15F6N3O. The third kappa shape index (κ3) is 4.61. The molecule has 1 fully saturated rings. The molecule has 1 aromatic carbocycles. The smallest absolute Gasteiger partial charge is 0.350 e. The van der Waals surface area contributed by atoms with E-state index in [-0.39, 0.29) is 24.6 Å². The number of nitrogens with one attached hydrogen (secondary N) is 1. The highest BCUT2D eigenvalue weighted by atomic mass is 19.4. The van der Waals surface area contributed by atoms with Gasteiger partial charge in [0.1, 0.15) is 0 Å². The fourth-order valence-corrected chi connectivity index (χ4v) is 2.67. The van der Waals surface area contributed by atoms with Crippen molar-refractivity contribution < 1.29 is 31.1 Å². The van der Waals surface area contributed by atoms with E-state index in [9.17, 15) is 31.1 Å². The molecule has 1 heterocycles. The number of hydrogen-bond donors (Lipinski definition) is 1. The van der Waals surface area contributed by atoms with Gasteiger partial charge in [0.25, 0.3) is 5.91 Å². The van der Waals surface area contributed by atoms with Gasteiger partial charge in [-0.15, -0.1) is 0 Å². The summed E-state index contributed by atoms with van der Waals surface area (Å²) in [7, 11) is 0. The lowest BCUT2D eigenvalue weighted by Gasteiger charge is -2.10. The Morgan fingerprint density at radius 2 is 1.81 bits per heavy atom. The van der Waals surface area contributed by atoms with Gasteiger partial charge in [-0.3, -0.25) is 9.48 Å². The fraction of sp³-hybridized carbons (Fsp3) is 0.412. The molecule has 1 aromatic heterocycles. The van der Waals surface area contributed by atoms with Gasteiger partial charge in [-0.1, -0.05) is 6.07 Å². The van der Waals surface area contributed by atoms with Crippen LogP contribution in [-0.2, 0) is 18.9 Å². The Morgan fingerprint density at radius 3 is 2.41 bits per heavy atom. The quantitative estimate of drug-likeness (QED) is 0.776. The van der Waals surface area contributed by atoms with Crippen LogP contribution in [0, 0.1) is 0 Å². The summed E-state index contributed by atoms with van der Waals surface area (Å²) in [4.78, 5) is 12.0. The van der Waals surface area contributed by atoms with Crippen molar-refractivity contribution in [1.29, 1.82) is 0 Å². The Hall–Kier alpha value is -2.52. The Labute approximate surface area is 150 Å². The van der Waals surface area contributed by atoms with Gasteiger partial charge in [0.2, 0.25) is 0 Å². The normalized spacial score (nSPS) is 15.0. The maximum absolute atomic E-state index is 12.8. The molecule has 3 rings (SSSR count). The second-order valence-corrected chi connectivity index (χ2v) is 6.28. The zero-order valence-electron chi connectivity index (χ0n) is 13.9. The molecular weight excluding hydrogens is 376 g/mol. The van der Waals surface area contributed by atoms with Gasteiger partial charge in [0.15, 0.2) is 5.69 Å². The number of amides is 1. The third-order valence-electron chi connectivity index (χ3n) is 4.16. The highest BCUT2D eigenvalue weighted by Crippen LogP contribution is 2.42.